The SMILES string of the molecule is COC(=O)[C@H](CCCN=C(N)N)NC(=O)CC(=O)Nc1cc(-c2cc(Cl)cc(Cl)c2)nn1-c1ccc2ccccc2c1. The van der Waals surface area contributed by atoms with Gasteiger partial charge in [-0.25, -0.2) is 9.48 Å². The summed E-state index contributed by atoms with van der Waals surface area (Å²) in [6.45, 7) is 0.269. The van der Waals surface area contributed by atoms with E-state index in [4.69, 9.17) is 44.5 Å². The first kappa shape index (κ1) is 30.4. The van der Waals surface area contributed by atoms with E-state index in [2.05, 4.69) is 15.6 Å². The number of halogens is 2. The molecule has 0 aliphatic carbocycles. The normalized spacial score (nSPS) is 11.5. The number of rotatable bonds is 11. The van der Waals surface area contributed by atoms with Gasteiger partial charge < -0.3 is 26.8 Å². The molecule has 2 amide bonds. The average molecular weight is 611 g/mol. The number of ether oxygens (including phenoxy) is 1. The molecule has 3 aromatic carbocycles. The van der Waals surface area contributed by atoms with Gasteiger partial charge in [0.2, 0.25) is 11.8 Å². The molecule has 42 heavy (non-hydrogen) atoms. The zero-order valence-electron chi connectivity index (χ0n) is 22.6. The highest BCUT2D eigenvalue weighted by Gasteiger charge is 2.23. The minimum Gasteiger partial charge on any atom is -0.467 e. The summed E-state index contributed by atoms with van der Waals surface area (Å²) < 4.78 is 6.34. The number of carbonyl (C=O) groups is 3. The Morgan fingerprint density at radius 3 is 2.38 bits per heavy atom. The number of aromatic nitrogens is 2. The third-order valence-corrected chi connectivity index (χ3v) is 6.64. The molecular weight excluding hydrogens is 581 g/mol. The first-order valence-electron chi connectivity index (χ1n) is 12.9. The van der Waals surface area contributed by atoms with Crippen molar-refractivity contribution in [2.45, 2.75) is 25.3 Å². The maximum Gasteiger partial charge on any atom is 0.328 e. The van der Waals surface area contributed by atoms with E-state index in [0.717, 1.165) is 10.8 Å². The van der Waals surface area contributed by atoms with E-state index in [0.29, 0.717) is 39.2 Å². The van der Waals surface area contributed by atoms with E-state index in [1.165, 1.54) is 7.11 Å². The highest BCUT2D eigenvalue weighted by atomic mass is 35.5. The van der Waals surface area contributed by atoms with E-state index in [-0.39, 0.29) is 18.9 Å². The summed E-state index contributed by atoms with van der Waals surface area (Å²) in [5, 5.41) is 12.9. The number of methoxy groups -OCH3 is 1. The fraction of sp³-hybridized carbons (Fsp3) is 0.207. The topological polar surface area (TPSA) is 167 Å². The van der Waals surface area contributed by atoms with Gasteiger partial charge in [0.1, 0.15) is 18.3 Å². The van der Waals surface area contributed by atoms with Crippen molar-refractivity contribution >= 4 is 63.5 Å². The van der Waals surface area contributed by atoms with Crippen molar-refractivity contribution in [1.29, 1.82) is 0 Å². The second kappa shape index (κ2) is 13.8. The number of nitrogens with one attached hydrogen (secondary N) is 2. The van der Waals surface area contributed by atoms with Crippen molar-refractivity contribution < 1.29 is 19.1 Å². The van der Waals surface area contributed by atoms with Crippen LogP contribution in [0.5, 0.6) is 0 Å². The molecule has 1 heterocycles. The molecule has 0 spiro atoms. The van der Waals surface area contributed by atoms with Crippen LogP contribution in [0, 0.1) is 0 Å². The highest BCUT2D eigenvalue weighted by molar-refractivity contribution is 6.35. The van der Waals surface area contributed by atoms with E-state index >= 15 is 0 Å². The largest absolute Gasteiger partial charge is 0.467 e. The van der Waals surface area contributed by atoms with Crippen LogP contribution in [0.4, 0.5) is 5.82 Å². The third-order valence-electron chi connectivity index (χ3n) is 6.20. The predicted molar refractivity (Wildman–Crippen MR) is 164 cm³/mol. The Labute approximate surface area is 251 Å². The van der Waals surface area contributed by atoms with Crippen molar-refractivity contribution in [3.05, 3.63) is 76.8 Å². The number of carbonyl (C=O) groups excluding carboxylic acids is 3. The summed E-state index contributed by atoms with van der Waals surface area (Å²) in [7, 11) is 1.21. The Hall–Kier alpha value is -4.61. The van der Waals surface area contributed by atoms with Crippen molar-refractivity contribution in [2.24, 2.45) is 16.5 Å². The fourth-order valence-corrected chi connectivity index (χ4v) is 4.82. The number of nitrogens with zero attached hydrogens (tertiary/aromatic N) is 3. The Morgan fingerprint density at radius 2 is 1.69 bits per heavy atom. The van der Waals surface area contributed by atoms with Crippen molar-refractivity contribution in [2.75, 3.05) is 19.0 Å². The Balaban J connectivity index is 1.55. The summed E-state index contributed by atoms with van der Waals surface area (Å²) in [5.74, 6) is -1.68. The number of anilines is 1. The van der Waals surface area contributed by atoms with Crippen LogP contribution in [0.1, 0.15) is 19.3 Å². The minimum atomic E-state index is -0.966. The van der Waals surface area contributed by atoms with Crippen LogP contribution in [-0.4, -0.2) is 53.2 Å². The lowest BCUT2D eigenvalue weighted by Gasteiger charge is -2.16. The van der Waals surface area contributed by atoms with E-state index in [1.807, 2.05) is 42.5 Å². The molecular formula is C29H29Cl2N7O4. The number of fused-ring (bicyclic) bond motifs is 1. The molecule has 6 N–H and O–H groups in total. The summed E-state index contributed by atoms with van der Waals surface area (Å²) in [6.07, 6.45) is 0.0745. The monoisotopic (exact) mass is 609 g/mol. The highest BCUT2D eigenvalue weighted by Crippen LogP contribution is 2.30. The zero-order chi connectivity index (χ0) is 30.2. The van der Waals surface area contributed by atoms with Gasteiger partial charge in [0.15, 0.2) is 5.96 Å². The van der Waals surface area contributed by atoms with Gasteiger partial charge in [-0.05, 0) is 53.9 Å². The van der Waals surface area contributed by atoms with Crippen LogP contribution in [0.3, 0.4) is 0 Å². The lowest BCUT2D eigenvalue weighted by molar-refractivity contribution is -0.145. The molecule has 0 fully saturated rings. The van der Waals surface area contributed by atoms with Gasteiger partial charge in [0.25, 0.3) is 0 Å². The molecule has 13 heteroatoms. The third kappa shape index (κ3) is 7.99. The molecule has 0 aliphatic heterocycles. The molecule has 4 aromatic rings. The van der Waals surface area contributed by atoms with Crippen molar-refractivity contribution in [3.8, 4) is 16.9 Å². The standard InChI is InChI=1S/C29H29Cl2N7O4/c1-42-28(41)23(7-4-10-34-29(32)33)35-26(39)16-27(40)36-25-15-24(19-11-20(30)14-21(31)12-19)37-38(25)22-9-8-17-5-2-3-6-18(17)13-22/h2-3,5-6,8-9,11-15,23H,4,7,10,16H2,1H3,(H,35,39)(H,36,40)(H4,32,33,34)/t23-/m0/s1. The summed E-state index contributed by atoms with van der Waals surface area (Å²) >= 11 is 12.4. The van der Waals surface area contributed by atoms with Crippen LogP contribution in [0.25, 0.3) is 27.7 Å². The Kier molecular flexibility index (Phi) is 10.00. The fourth-order valence-electron chi connectivity index (χ4n) is 4.29. The summed E-state index contributed by atoms with van der Waals surface area (Å²) in [6, 6.07) is 19.3. The van der Waals surface area contributed by atoms with Gasteiger partial charge in [-0.2, -0.15) is 5.10 Å². The van der Waals surface area contributed by atoms with Crippen LogP contribution in [0.2, 0.25) is 10.0 Å². The Bertz CT molecular complexity index is 1630. The van der Waals surface area contributed by atoms with Gasteiger partial charge in [0, 0.05) is 28.2 Å². The van der Waals surface area contributed by atoms with Gasteiger partial charge in [-0.1, -0.05) is 53.5 Å². The number of benzene rings is 3. The molecule has 0 unspecified atom stereocenters. The molecule has 0 aliphatic rings. The molecule has 0 radical (unpaired) electrons. The number of aliphatic imine (C=N–C) groups is 1. The predicted octanol–water partition coefficient (Wildman–Crippen LogP) is 4.04. The smallest absolute Gasteiger partial charge is 0.328 e. The summed E-state index contributed by atoms with van der Waals surface area (Å²) in [4.78, 5) is 41.8. The zero-order valence-corrected chi connectivity index (χ0v) is 24.2. The van der Waals surface area contributed by atoms with E-state index < -0.39 is 30.2 Å². The summed E-state index contributed by atoms with van der Waals surface area (Å²) in [5.41, 5.74) is 12.5. The minimum absolute atomic E-state index is 0.0742. The maximum atomic E-state index is 13.0. The lowest BCUT2D eigenvalue weighted by atomic mass is 10.1. The maximum absolute atomic E-state index is 13.0. The second-order valence-electron chi connectivity index (χ2n) is 9.33. The van der Waals surface area contributed by atoms with Gasteiger partial charge in [-0.3, -0.25) is 14.6 Å². The molecule has 11 nitrogen and oxygen atoms in total. The van der Waals surface area contributed by atoms with Gasteiger partial charge in [0.05, 0.1) is 18.5 Å². The van der Waals surface area contributed by atoms with Gasteiger partial charge in [-0.15, -0.1) is 0 Å². The van der Waals surface area contributed by atoms with Crippen molar-refractivity contribution in [3.63, 3.8) is 0 Å². The van der Waals surface area contributed by atoms with Crippen LogP contribution < -0.4 is 22.1 Å². The molecule has 0 saturated carbocycles. The van der Waals surface area contributed by atoms with Crippen molar-refractivity contribution in [1.82, 2.24) is 15.1 Å². The molecule has 218 valence electrons. The number of esters is 1. The first-order chi connectivity index (χ1) is 20.1. The number of amides is 2. The molecule has 0 saturated heterocycles. The average Bonchev–Trinajstić information content (AvgIpc) is 3.36. The van der Waals surface area contributed by atoms with E-state index in [1.54, 1.807) is 28.9 Å². The lowest BCUT2D eigenvalue weighted by Crippen LogP contribution is -2.42. The number of guanidine groups is 1. The molecule has 4 rings (SSSR count). The molecule has 1 aromatic heterocycles. The van der Waals surface area contributed by atoms with Crippen LogP contribution >= 0.6 is 23.2 Å². The number of hydrogen-bond donors (Lipinski definition) is 4. The van der Waals surface area contributed by atoms with Crippen LogP contribution in [0.15, 0.2) is 71.7 Å². The Morgan fingerprint density at radius 1 is 0.976 bits per heavy atom. The van der Waals surface area contributed by atoms with Crippen LogP contribution in [-0.2, 0) is 19.1 Å². The second-order valence-corrected chi connectivity index (χ2v) is 10.2. The molecule has 0 bridgehead atoms. The number of nitrogens with two attached hydrogens (primary N) is 2. The molecule has 1 atom stereocenters. The quantitative estimate of drug-likeness (QED) is 0.0654. The van der Waals surface area contributed by atoms with Gasteiger partial charge >= 0.3 is 5.97 Å². The van der Waals surface area contributed by atoms with E-state index in [9.17, 15) is 14.4 Å². The number of hydrogen-bond acceptors (Lipinski definition) is 6. The first-order valence-corrected chi connectivity index (χ1v) is 13.7.